The highest BCUT2D eigenvalue weighted by atomic mass is 35.5. The maximum Gasteiger partial charge on any atom is 0.230 e. The molecule has 0 saturated carbocycles. The highest BCUT2D eigenvalue weighted by Crippen LogP contribution is 2.19. The Morgan fingerprint density at radius 1 is 1.30 bits per heavy atom. The summed E-state index contributed by atoms with van der Waals surface area (Å²) in [5.41, 5.74) is 1.74. The Labute approximate surface area is 143 Å². The van der Waals surface area contributed by atoms with Gasteiger partial charge in [-0.25, -0.2) is 0 Å². The molecule has 1 amide bonds. The van der Waals surface area contributed by atoms with Crippen LogP contribution in [0.4, 0.5) is 0 Å². The molecular weight excluding hydrogens is 332 g/mol. The standard InChI is InChI=1S/C16H15ClN4OS/c1-11(12-5-4-6-13(17)9-12)18-15(22)10-23-16-20-19-14-7-2-3-8-21(14)16/h2-9,11H,10H2,1H3,(H,18,22). The summed E-state index contributed by atoms with van der Waals surface area (Å²) in [7, 11) is 0. The van der Waals surface area contributed by atoms with E-state index in [1.54, 1.807) is 0 Å². The number of nitrogens with one attached hydrogen (secondary N) is 1. The van der Waals surface area contributed by atoms with E-state index < -0.39 is 0 Å². The predicted octanol–water partition coefficient (Wildman–Crippen LogP) is 3.35. The number of nitrogens with zero attached hydrogens (tertiary/aromatic N) is 3. The smallest absolute Gasteiger partial charge is 0.230 e. The Kier molecular flexibility index (Phi) is 4.83. The fraction of sp³-hybridized carbons (Fsp3) is 0.188. The molecule has 1 unspecified atom stereocenters. The Bertz CT molecular complexity index is 836. The van der Waals surface area contributed by atoms with E-state index in [9.17, 15) is 4.79 Å². The second kappa shape index (κ2) is 7.02. The number of benzene rings is 1. The number of carbonyl (C=O) groups excluding carboxylic acids is 1. The number of carbonyl (C=O) groups is 1. The molecule has 0 saturated heterocycles. The van der Waals surface area contributed by atoms with Crippen LogP contribution in [0, 0.1) is 0 Å². The maximum atomic E-state index is 12.1. The van der Waals surface area contributed by atoms with Gasteiger partial charge in [-0.2, -0.15) is 0 Å². The lowest BCUT2D eigenvalue weighted by molar-refractivity contribution is -0.119. The lowest BCUT2D eigenvalue weighted by Crippen LogP contribution is -2.28. The molecule has 0 spiro atoms. The number of hydrogen-bond donors (Lipinski definition) is 1. The summed E-state index contributed by atoms with van der Waals surface area (Å²) >= 11 is 7.33. The van der Waals surface area contributed by atoms with E-state index in [1.165, 1.54) is 11.8 Å². The zero-order valence-electron chi connectivity index (χ0n) is 12.4. The van der Waals surface area contributed by atoms with E-state index in [4.69, 9.17) is 11.6 Å². The third-order valence-corrected chi connectivity index (χ3v) is 4.52. The third-order valence-electron chi connectivity index (χ3n) is 3.34. The summed E-state index contributed by atoms with van der Waals surface area (Å²) in [4.78, 5) is 12.1. The van der Waals surface area contributed by atoms with Crippen molar-refractivity contribution in [2.45, 2.75) is 18.1 Å². The predicted molar refractivity (Wildman–Crippen MR) is 91.7 cm³/mol. The van der Waals surface area contributed by atoms with Crippen LogP contribution < -0.4 is 5.32 Å². The molecule has 3 aromatic rings. The average Bonchev–Trinajstić information content (AvgIpc) is 2.96. The van der Waals surface area contributed by atoms with Crippen LogP contribution in [-0.4, -0.2) is 26.3 Å². The van der Waals surface area contributed by atoms with Crippen molar-refractivity contribution in [1.82, 2.24) is 19.9 Å². The Morgan fingerprint density at radius 3 is 3.00 bits per heavy atom. The van der Waals surface area contributed by atoms with Gasteiger partial charge in [0, 0.05) is 11.2 Å². The van der Waals surface area contributed by atoms with E-state index in [1.807, 2.05) is 60.0 Å². The topological polar surface area (TPSA) is 59.3 Å². The van der Waals surface area contributed by atoms with E-state index in [0.717, 1.165) is 11.2 Å². The Morgan fingerprint density at radius 2 is 2.17 bits per heavy atom. The van der Waals surface area contributed by atoms with Gasteiger partial charge in [-0.05, 0) is 36.8 Å². The molecule has 3 rings (SSSR count). The summed E-state index contributed by atoms with van der Waals surface area (Å²) in [6.45, 7) is 1.93. The first-order valence-electron chi connectivity index (χ1n) is 7.11. The van der Waals surface area contributed by atoms with Gasteiger partial charge < -0.3 is 5.32 Å². The molecule has 0 bridgehead atoms. The van der Waals surface area contributed by atoms with E-state index in [-0.39, 0.29) is 17.7 Å². The number of rotatable bonds is 5. The lowest BCUT2D eigenvalue weighted by atomic mass is 10.1. The van der Waals surface area contributed by atoms with Crippen LogP contribution in [0.5, 0.6) is 0 Å². The molecule has 2 heterocycles. The van der Waals surface area contributed by atoms with Crippen molar-refractivity contribution in [3.05, 3.63) is 59.2 Å². The van der Waals surface area contributed by atoms with Gasteiger partial charge in [0.25, 0.3) is 0 Å². The average molecular weight is 347 g/mol. The van der Waals surface area contributed by atoms with E-state index in [0.29, 0.717) is 10.2 Å². The molecule has 0 fully saturated rings. The summed E-state index contributed by atoms with van der Waals surface area (Å²) in [6, 6.07) is 13.1. The van der Waals surface area contributed by atoms with Crippen LogP contribution in [0.2, 0.25) is 5.02 Å². The number of halogens is 1. The fourth-order valence-corrected chi connectivity index (χ4v) is 3.12. The molecule has 1 N–H and O–H groups in total. The number of thioether (sulfide) groups is 1. The van der Waals surface area contributed by atoms with Crippen molar-refractivity contribution in [1.29, 1.82) is 0 Å². The molecule has 118 valence electrons. The van der Waals surface area contributed by atoms with Crippen LogP contribution in [0.25, 0.3) is 5.65 Å². The molecule has 1 atom stereocenters. The minimum Gasteiger partial charge on any atom is -0.349 e. The highest BCUT2D eigenvalue weighted by molar-refractivity contribution is 7.99. The number of aromatic nitrogens is 3. The van der Waals surface area contributed by atoms with Crippen LogP contribution in [-0.2, 0) is 4.79 Å². The number of pyridine rings is 1. The Balaban J connectivity index is 1.59. The van der Waals surface area contributed by atoms with Crippen LogP contribution >= 0.6 is 23.4 Å². The van der Waals surface area contributed by atoms with Gasteiger partial charge in [0.05, 0.1) is 11.8 Å². The SMILES string of the molecule is CC(NC(=O)CSc1nnc2ccccn12)c1cccc(Cl)c1. The number of hydrogen-bond acceptors (Lipinski definition) is 4. The minimum absolute atomic E-state index is 0.0600. The fourth-order valence-electron chi connectivity index (χ4n) is 2.19. The number of amides is 1. The van der Waals surface area contributed by atoms with Crippen LogP contribution in [0.15, 0.2) is 53.8 Å². The zero-order valence-corrected chi connectivity index (χ0v) is 14.0. The van der Waals surface area contributed by atoms with Gasteiger partial charge in [0.15, 0.2) is 10.8 Å². The van der Waals surface area contributed by atoms with Gasteiger partial charge in [-0.1, -0.05) is 41.6 Å². The molecule has 7 heteroatoms. The van der Waals surface area contributed by atoms with Crippen LogP contribution in [0.1, 0.15) is 18.5 Å². The van der Waals surface area contributed by atoms with Crippen LogP contribution in [0.3, 0.4) is 0 Å². The van der Waals surface area contributed by atoms with Gasteiger partial charge >= 0.3 is 0 Å². The Hall–Kier alpha value is -2.05. The summed E-state index contributed by atoms with van der Waals surface area (Å²) in [5, 5.41) is 12.5. The first-order valence-corrected chi connectivity index (χ1v) is 8.47. The van der Waals surface area contributed by atoms with Crippen molar-refractivity contribution in [3.63, 3.8) is 0 Å². The largest absolute Gasteiger partial charge is 0.349 e. The normalized spacial score (nSPS) is 12.3. The van der Waals surface area contributed by atoms with E-state index >= 15 is 0 Å². The second-order valence-corrected chi connectivity index (χ2v) is 6.42. The highest BCUT2D eigenvalue weighted by Gasteiger charge is 2.12. The maximum absolute atomic E-state index is 12.1. The van der Waals surface area contributed by atoms with Crippen molar-refractivity contribution < 1.29 is 4.79 Å². The van der Waals surface area contributed by atoms with Gasteiger partial charge in [0.1, 0.15) is 0 Å². The third kappa shape index (κ3) is 3.83. The monoisotopic (exact) mass is 346 g/mol. The summed E-state index contributed by atoms with van der Waals surface area (Å²) < 4.78 is 1.86. The van der Waals surface area contributed by atoms with Gasteiger partial charge in [-0.15, -0.1) is 10.2 Å². The molecule has 1 aromatic carbocycles. The summed E-state index contributed by atoms with van der Waals surface area (Å²) in [5.74, 6) is 0.218. The second-order valence-electron chi connectivity index (χ2n) is 5.04. The lowest BCUT2D eigenvalue weighted by Gasteiger charge is -2.14. The first kappa shape index (κ1) is 15.8. The molecule has 0 aliphatic rings. The van der Waals surface area contributed by atoms with Crippen molar-refractivity contribution >= 4 is 34.9 Å². The molecule has 0 aliphatic heterocycles. The molecule has 5 nitrogen and oxygen atoms in total. The molecule has 23 heavy (non-hydrogen) atoms. The summed E-state index contributed by atoms with van der Waals surface area (Å²) in [6.07, 6.45) is 1.88. The molecule has 2 aromatic heterocycles. The van der Waals surface area contributed by atoms with Crippen molar-refractivity contribution in [2.24, 2.45) is 0 Å². The zero-order chi connectivity index (χ0) is 16.2. The van der Waals surface area contributed by atoms with Gasteiger partial charge in [0.2, 0.25) is 5.91 Å². The first-order chi connectivity index (χ1) is 11.1. The van der Waals surface area contributed by atoms with Crippen molar-refractivity contribution in [2.75, 3.05) is 5.75 Å². The molecule has 0 radical (unpaired) electrons. The van der Waals surface area contributed by atoms with Crippen molar-refractivity contribution in [3.8, 4) is 0 Å². The minimum atomic E-state index is -0.100. The van der Waals surface area contributed by atoms with E-state index in [2.05, 4.69) is 15.5 Å². The quantitative estimate of drug-likeness (QED) is 0.720. The number of fused-ring (bicyclic) bond motifs is 1. The van der Waals surface area contributed by atoms with Gasteiger partial charge in [-0.3, -0.25) is 9.20 Å². The molecule has 0 aliphatic carbocycles. The molecular formula is C16H15ClN4OS.